The number of carbonyl (C=O) groups excluding carboxylic acids is 2. The lowest BCUT2D eigenvalue weighted by Gasteiger charge is -2.39. The molecular weight excluding hydrogens is 542 g/mol. The number of nitrogens with one attached hydrogen (secondary N) is 2. The van der Waals surface area contributed by atoms with Crippen molar-refractivity contribution in [1.29, 1.82) is 0 Å². The van der Waals surface area contributed by atoms with Crippen LogP contribution in [0.3, 0.4) is 0 Å². The highest BCUT2D eigenvalue weighted by Crippen LogP contribution is 2.44. The van der Waals surface area contributed by atoms with Gasteiger partial charge in [-0.2, -0.15) is 0 Å². The maximum absolute atomic E-state index is 13.3. The molecule has 1 heterocycles. The molecule has 1 saturated heterocycles. The molecular formula is C33H51N7O3. The maximum atomic E-state index is 13.3. The second kappa shape index (κ2) is 16.5. The van der Waals surface area contributed by atoms with E-state index in [0.717, 1.165) is 17.5 Å². The van der Waals surface area contributed by atoms with Gasteiger partial charge in [0.1, 0.15) is 12.0 Å². The predicted octanol–water partition coefficient (Wildman–Crippen LogP) is 2.69. The van der Waals surface area contributed by atoms with Gasteiger partial charge in [-0.1, -0.05) is 60.7 Å². The van der Waals surface area contributed by atoms with E-state index in [-0.39, 0.29) is 17.9 Å². The van der Waals surface area contributed by atoms with E-state index in [9.17, 15) is 9.59 Å². The molecule has 2 unspecified atom stereocenters. The SMILES string of the molecule is C/C=C(\OC(=O)NCC1CCN(C(=O)[C@@H](N)CCCNC(N)N)C1)C(CC(C)N(C)C)(c1ccccc1)c1ccccc1. The standard InChI is InChI=1S/C33H51N7O3/c1-5-29(33(21-24(2)39(3)4,26-13-8-6-9-14-26)27-15-10-7-11-16-27)43-32(42)38-22-25-18-20-40(23-25)30(41)28(34)17-12-19-37-31(35)36/h5-11,13-16,24-25,28,31,37H,12,17-23,34-36H2,1-4H3,(H,38,42)/b29-5-/t24?,25?,28-/m0/s1. The monoisotopic (exact) mass is 593 g/mol. The van der Waals surface area contributed by atoms with Gasteiger partial charge in [-0.05, 0) is 83.3 Å². The molecule has 2 aromatic carbocycles. The quantitative estimate of drug-likeness (QED) is 0.120. The van der Waals surface area contributed by atoms with Crippen molar-refractivity contribution in [2.24, 2.45) is 23.1 Å². The van der Waals surface area contributed by atoms with E-state index in [4.69, 9.17) is 21.9 Å². The number of carbonyl (C=O) groups is 2. The van der Waals surface area contributed by atoms with Crippen LogP contribution in [0, 0.1) is 5.92 Å². The average molecular weight is 594 g/mol. The van der Waals surface area contributed by atoms with Crippen molar-refractivity contribution in [3.8, 4) is 0 Å². The van der Waals surface area contributed by atoms with Crippen LogP contribution in [-0.4, -0.2) is 80.4 Å². The normalized spacial score (nSPS) is 17.3. The molecule has 1 aliphatic rings. The summed E-state index contributed by atoms with van der Waals surface area (Å²) in [6, 6.07) is 20.1. The third-order valence-corrected chi connectivity index (χ3v) is 8.42. The minimum atomic E-state index is -0.685. The number of benzene rings is 2. The molecule has 2 aromatic rings. The zero-order valence-corrected chi connectivity index (χ0v) is 26.2. The van der Waals surface area contributed by atoms with Crippen LogP contribution in [0.2, 0.25) is 0 Å². The number of nitrogens with two attached hydrogens (primary N) is 3. The van der Waals surface area contributed by atoms with E-state index in [2.05, 4.69) is 60.8 Å². The highest BCUT2D eigenvalue weighted by Gasteiger charge is 2.42. The smallest absolute Gasteiger partial charge is 0.412 e. The summed E-state index contributed by atoms with van der Waals surface area (Å²) >= 11 is 0. The molecule has 0 spiro atoms. The number of hydrogen-bond acceptors (Lipinski definition) is 8. The second-order valence-electron chi connectivity index (χ2n) is 11.7. The predicted molar refractivity (Wildman–Crippen MR) is 172 cm³/mol. The van der Waals surface area contributed by atoms with Gasteiger partial charge in [0.25, 0.3) is 0 Å². The molecule has 0 radical (unpaired) electrons. The summed E-state index contributed by atoms with van der Waals surface area (Å²) in [7, 11) is 4.12. The molecule has 43 heavy (non-hydrogen) atoms. The van der Waals surface area contributed by atoms with E-state index in [0.29, 0.717) is 51.2 Å². The van der Waals surface area contributed by atoms with Crippen LogP contribution in [0.4, 0.5) is 4.79 Å². The van der Waals surface area contributed by atoms with Gasteiger partial charge in [-0.15, -0.1) is 0 Å². The molecule has 3 atom stereocenters. The Morgan fingerprint density at radius 3 is 2.21 bits per heavy atom. The highest BCUT2D eigenvalue weighted by molar-refractivity contribution is 5.81. The number of rotatable bonds is 15. The summed E-state index contributed by atoms with van der Waals surface area (Å²) in [4.78, 5) is 30.1. The Labute approximate surface area is 257 Å². The van der Waals surface area contributed by atoms with Gasteiger partial charge in [-0.3, -0.25) is 10.1 Å². The minimum Gasteiger partial charge on any atom is -0.414 e. The van der Waals surface area contributed by atoms with E-state index in [1.54, 1.807) is 4.90 Å². The zero-order valence-electron chi connectivity index (χ0n) is 26.2. The van der Waals surface area contributed by atoms with Crippen LogP contribution in [0.15, 0.2) is 72.5 Å². The van der Waals surface area contributed by atoms with Crippen molar-refractivity contribution >= 4 is 12.0 Å². The summed E-state index contributed by atoms with van der Waals surface area (Å²) < 4.78 is 6.17. The number of hydrogen-bond donors (Lipinski definition) is 5. The number of allylic oxidation sites excluding steroid dienone is 2. The molecule has 1 aliphatic heterocycles. The first-order valence-electron chi connectivity index (χ1n) is 15.3. The third-order valence-electron chi connectivity index (χ3n) is 8.42. The minimum absolute atomic E-state index is 0.0659. The van der Waals surface area contributed by atoms with Gasteiger partial charge < -0.3 is 37.1 Å². The highest BCUT2D eigenvalue weighted by atomic mass is 16.6. The number of amides is 2. The van der Waals surface area contributed by atoms with E-state index in [1.807, 2.05) is 49.4 Å². The van der Waals surface area contributed by atoms with Crippen molar-refractivity contribution in [3.05, 3.63) is 83.6 Å². The fourth-order valence-electron chi connectivity index (χ4n) is 5.76. The van der Waals surface area contributed by atoms with Crippen LogP contribution >= 0.6 is 0 Å². The van der Waals surface area contributed by atoms with Crippen LogP contribution in [0.5, 0.6) is 0 Å². The van der Waals surface area contributed by atoms with Gasteiger partial charge in [0.2, 0.25) is 5.91 Å². The van der Waals surface area contributed by atoms with E-state index >= 15 is 0 Å². The van der Waals surface area contributed by atoms with Crippen molar-refractivity contribution in [2.45, 2.75) is 63.3 Å². The van der Waals surface area contributed by atoms with Crippen molar-refractivity contribution in [2.75, 3.05) is 40.3 Å². The molecule has 0 bridgehead atoms. The van der Waals surface area contributed by atoms with Crippen LogP contribution < -0.4 is 27.8 Å². The Balaban J connectivity index is 1.68. The van der Waals surface area contributed by atoms with E-state index < -0.39 is 23.8 Å². The molecule has 0 saturated carbocycles. The molecule has 10 nitrogen and oxygen atoms in total. The molecule has 1 fully saturated rings. The van der Waals surface area contributed by atoms with Crippen molar-refractivity contribution in [1.82, 2.24) is 20.4 Å². The fraction of sp³-hybridized carbons (Fsp3) is 0.515. The van der Waals surface area contributed by atoms with Gasteiger partial charge >= 0.3 is 6.09 Å². The lowest BCUT2D eigenvalue weighted by Crippen LogP contribution is -2.46. The van der Waals surface area contributed by atoms with Gasteiger partial charge in [-0.25, -0.2) is 4.79 Å². The van der Waals surface area contributed by atoms with E-state index in [1.165, 1.54) is 0 Å². The third kappa shape index (κ3) is 9.35. The summed E-state index contributed by atoms with van der Waals surface area (Å²) in [6.07, 6.45) is 3.56. The summed E-state index contributed by atoms with van der Waals surface area (Å²) in [5, 5.41) is 5.89. The first kappa shape index (κ1) is 34.2. The Morgan fingerprint density at radius 1 is 1.07 bits per heavy atom. The molecule has 236 valence electrons. The summed E-state index contributed by atoms with van der Waals surface area (Å²) in [6.45, 7) is 6.27. The summed E-state index contributed by atoms with van der Waals surface area (Å²) in [5.74, 6) is 0.635. The Bertz CT molecular complexity index is 1130. The van der Waals surface area contributed by atoms with Gasteiger partial charge in [0.05, 0.1) is 11.5 Å². The number of nitrogens with zero attached hydrogens (tertiary/aromatic N) is 2. The lowest BCUT2D eigenvalue weighted by molar-refractivity contribution is -0.131. The topological polar surface area (TPSA) is 152 Å². The summed E-state index contributed by atoms with van der Waals surface area (Å²) in [5.41, 5.74) is 18.6. The van der Waals surface area contributed by atoms with Gasteiger partial charge in [0.15, 0.2) is 0 Å². The second-order valence-corrected chi connectivity index (χ2v) is 11.7. The van der Waals surface area contributed by atoms with Crippen LogP contribution in [0.1, 0.15) is 50.7 Å². The Morgan fingerprint density at radius 2 is 1.67 bits per heavy atom. The Hall–Kier alpha value is -3.28. The fourth-order valence-corrected chi connectivity index (χ4v) is 5.76. The largest absolute Gasteiger partial charge is 0.414 e. The number of ether oxygens (including phenoxy) is 1. The van der Waals surface area contributed by atoms with Crippen molar-refractivity contribution in [3.63, 3.8) is 0 Å². The molecule has 8 N–H and O–H groups in total. The van der Waals surface area contributed by atoms with Crippen LogP contribution in [-0.2, 0) is 14.9 Å². The molecule has 3 rings (SSSR count). The van der Waals surface area contributed by atoms with Gasteiger partial charge in [0, 0.05) is 25.7 Å². The van der Waals surface area contributed by atoms with Crippen molar-refractivity contribution < 1.29 is 14.3 Å². The lowest BCUT2D eigenvalue weighted by atomic mass is 9.68. The molecule has 0 aromatic heterocycles. The molecule has 2 amide bonds. The number of alkyl carbamates (subject to hydrolysis) is 1. The zero-order chi connectivity index (χ0) is 31.4. The molecule has 10 heteroatoms. The first-order valence-corrected chi connectivity index (χ1v) is 15.3. The average Bonchev–Trinajstić information content (AvgIpc) is 3.49. The Kier molecular flexibility index (Phi) is 13.2. The van der Waals surface area contributed by atoms with Crippen LogP contribution in [0.25, 0.3) is 0 Å². The molecule has 0 aliphatic carbocycles. The first-order chi connectivity index (χ1) is 20.6. The maximum Gasteiger partial charge on any atom is 0.412 e. The number of likely N-dealkylation sites (tertiary alicyclic amines) is 1.